The van der Waals surface area contributed by atoms with Crippen molar-refractivity contribution in [3.05, 3.63) is 12.4 Å². The minimum Gasteiger partial charge on any atom is -0.385 e. The molecule has 0 aliphatic heterocycles. The number of imidazole rings is 1. The summed E-state index contributed by atoms with van der Waals surface area (Å²) in [6.07, 6.45) is -1.17. The van der Waals surface area contributed by atoms with Crippen LogP contribution in [-0.4, -0.2) is 33.7 Å². The van der Waals surface area contributed by atoms with Gasteiger partial charge < -0.3 is 15.0 Å². The average molecular weight is 191 g/mol. The van der Waals surface area contributed by atoms with Crippen LogP contribution in [0.25, 0.3) is 0 Å². The van der Waals surface area contributed by atoms with Crippen LogP contribution in [-0.2, 0) is 7.05 Å². The quantitative estimate of drug-likeness (QED) is 0.726. The van der Waals surface area contributed by atoms with E-state index in [9.17, 15) is 8.78 Å². The van der Waals surface area contributed by atoms with Crippen molar-refractivity contribution in [2.75, 3.05) is 11.9 Å². The highest BCUT2D eigenvalue weighted by molar-refractivity contribution is 5.25. The molecule has 4 nitrogen and oxygen atoms in total. The first-order chi connectivity index (χ1) is 6.11. The van der Waals surface area contributed by atoms with E-state index in [2.05, 4.69) is 10.3 Å². The Morgan fingerprint density at radius 2 is 2.38 bits per heavy atom. The largest absolute Gasteiger partial charge is 0.385 e. The number of hydrogen-bond donors (Lipinski definition) is 2. The maximum Gasteiger partial charge on any atom is 0.265 e. The molecule has 0 aliphatic rings. The molecule has 1 aromatic heterocycles. The molecular weight excluding hydrogens is 180 g/mol. The van der Waals surface area contributed by atoms with Crippen molar-refractivity contribution in [2.45, 2.75) is 12.5 Å². The number of rotatable bonds is 4. The Morgan fingerprint density at radius 1 is 1.69 bits per heavy atom. The molecule has 0 amide bonds. The summed E-state index contributed by atoms with van der Waals surface area (Å²) in [5, 5.41) is 11.4. The summed E-state index contributed by atoms with van der Waals surface area (Å²) in [5.41, 5.74) is 0. The van der Waals surface area contributed by atoms with Crippen molar-refractivity contribution >= 4 is 5.95 Å². The van der Waals surface area contributed by atoms with Gasteiger partial charge in [0.2, 0.25) is 5.95 Å². The van der Waals surface area contributed by atoms with Crippen LogP contribution >= 0.6 is 0 Å². The molecule has 2 N–H and O–H groups in total. The summed E-state index contributed by atoms with van der Waals surface area (Å²) in [5.74, 6) is 0.458. The van der Waals surface area contributed by atoms with E-state index in [-0.39, 0.29) is 6.54 Å². The number of aliphatic hydroxyl groups is 1. The van der Waals surface area contributed by atoms with Crippen LogP contribution in [0.5, 0.6) is 0 Å². The Kier molecular flexibility index (Phi) is 3.18. The standard InChI is InChI=1S/C7H11F2N3O/c1-12-3-2-10-7(12)11-4-5(13)6(8)9/h2-3,5-6,13H,4H2,1H3,(H,10,11). The van der Waals surface area contributed by atoms with E-state index in [1.165, 1.54) is 6.20 Å². The van der Waals surface area contributed by atoms with Crippen LogP contribution in [0.3, 0.4) is 0 Å². The normalized spacial score (nSPS) is 13.3. The summed E-state index contributed by atoms with van der Waals surface area (Å²) >= 11 is 0. The SMILES string of the molecule is Cn1ccnc1NCC(O)C(F)F. The Bertz CT molecular complexity index is 264. The fourth-order valence-electron chi connectivity index (χ4n) is 0.821. The third kappa shape index (κ3) is 2.66. The second-order valence-corrected chi connectivity index (χ2v) is 2.64. The number of alkyl halides is 2. The van der Waals surface area contributed by atoms with E-state index in [0.29, 0.717) is 5.95 Å². The number of aryl methyl sites for hydroxylation is 1. The first-order valence-electron chi connectivity index (χ1n) is 3.78. The maximum atomic E-state index is 11.8. The van der Waals surface area contributed by atoms with Gasteiger partial charge in [0.15, 0.2) is 0 Å². The number of aliphatic hydroxyl groups excluding tert-OH is 1. The lowest BCUT2D eigenvalue weighted by Crippen LogP contribution is -2.27. The smallest absolute Gasteiger partial charge is 0.265 e. The van der Waals surface area contributed by atoms with E-state index in [0.717, 1.165) is 0 Å². The third-order valence-electron chi connectivity index (χ3n) is 1.58. The molecular formula is C7H11F2N3O. The van der Waals surface area contributed by atoms with Crippen molar-refractivity contribution in [1.82, 2.24) is 9.55 Å². The molecule has 0 aliphatic carbocycles. The Balaban J connectivity index is 2.39. The predicted molar refractivity (Wildman–Crippen MR) is 43.7 cm³/mol. The van der Waals surface area contributed by atoms with Gasteiger partial charge in [0, 0.05) is 26.0 Å². The van der Waals surface area contributed by atoms with Crippen LogP contribution in [0.1, 0.15) is 0 Å². The number of hydrogen-bond acceptors (Lipinski definition) is 3. The van der Waals surface area contributed by atoms with Gasteiger partial charge in [0.1, 0.15) is 6.10 Å². The van der Waals surface area contributed by atoms with Gasteiger partial charge in [-0.2, -0.15) is 0 Å². The number of aromatic nitrogens is 2. The van der Waals surface area contributed by atoms with E-state index < -0.39 is 12.5 Å². The number of nitrogens with one attached hydrogen (secondary N) is 1. The molecule has 6 heteroatoms. The maximum absolute atomic E-state index is 11.8. The van der Waals surface area contributed by atoms with Gasteiger partial charge in [0.25, 0.3) is 6.43 Å². The summed E-state index contributed by atoms with van der Waals surface area (Å²) in [6, 6.07) is 0. The fraction of sp³-hybridized carbons (Fsp3) is 0.571. The van der Waals surface area contributed by atoms with Crippen LogP contribution in [0.2, 0.25) is 0 Å². The highest BCUT2D eigenvalue weighted by Gasteiger charge is 2.16. The predicted octanol–water partition coefficient (Wildman–Crippen LogP) is 0.458. The highest BCUT2D eigenvalue weighted by atomic mass is 19.3. The Morgan fingerprint density at radius 3 is 2.85 bits per heavy atom. The molecule has 0 saturated carbocycles. The average Bonchev–Trinajstić information content (AvgIpc) is 2.47. The second-order valence-electron chi connectivity index (χ2n) is 2.64. The van der Waals surface area contributed by atoms with Gasteiger partial charge in [-0.1, -0.05) is 0 Å². The van der Waals surface area contributed by atoms with Crippen molar-refractivity contribution in [3.63, 3.8) is 0 Å². The van der Waals surface area contributed by atoms with E-state index >= 15 is 0 Å². The van der Waals surface area contributed by atoms with E-state index in [1.54, 1.807) is 17.8 Å². The Hall–Kier alpha value is -1.17. The zero-order valence-electron chi connectivity index (χ0n) is 7.11. The van der Waals surface area contributed by atoms with E-state index in [4.69, 9.17) is 5.11 Å². The van der Waals surface area contributed by atoms with Crippen LogP contribution in [0.4, 0.5) is 14.7 Å². The molecule has 1 atom stereocenters. The molecule has 0 saturated heterocycles. The summed E-state index contributed by atoms with van der Waals surface area (Å²) in [7, 11) is 1.73. The zero-order chi connectivity index (χ0) is 9.84. The number of halogens is 2. The van der Waals surface area contributed by atoms with Gasteiger partial charge in [0.05, 0.1) is 0 Å². The second kappa shape index (κ2) is 4.18. The van der Waals surface area contributed by atoms with Crippen molar-refractivity contribution in [3.8, 4) is 0 Å². The molecule has 0 radical (unpaired) electrons. The highest BCUT2D eigenvalue weighted by Crippen LogP contribution is 2.04. The van der Waals surface area contributed by atoms with Crippen LogP contribution in [0, 0.1) is 0 Å². The Labute approximate surface area is 74.2 Å². The molecule has 1 rings (SSSR count). The summed E-state index contributed by atoms with van der Waals surface area (Å²) in [6.45, 7) is -0.206. The molecule has 0 aromatic carbocycles. The lowest BCUT2D eigenvalue weighted by atomic mass is 10.4. The lowest BCUT2D eigenvalue weighted by Gasteiger charge is -2.10. The van der Waals surface area contributed by atoms with Gasteiger partial charge in [-0.15, -0.1) is 0 Å². The van der Waals surface area contributed by atoms with Crippen molar-refractivity contribution in [1.29, 1.82) is 0 Å². The van der Waals surface area contributed by atoms with Crippen LogP contribution in [0.15, 0.2) is 12.4 Å². The summed E-state index contributed by atoms with van der Waals surface area (Å²) < 4.78 is 25.3. The number of anilines is 1. The third-order valence-corrected chi connectivity index (χ3v) is 1.58. The van der Waals surface area contributed by atoms with Crippen LogP contribution < -0.4 is 5.32 Å². The first-order valence-corrected chi connectivity index (χ1v) is 3.78. The topological polar surface area (TPSA) is 50.1 Å². The molecule has 1 heterocycles. The molecule has 74 valence electrons. The number of nitrogens with zero attached hydrogens (tertiary/aromatic N) is 2. The van der Waals surface area contributed by atoms with Gasteiger partial charge in [-0.25, -0.2) is 13.8 Å². The van der Waals surface area contributed by atoms with Crippen molar-refractivity contribution in [2.24, 2.45) is 7.05 Å². The minimum absolute atomic E-state index is 0.206. The zero-order valence-corrected chi connectivity index (χ0v) is 7.11. The monoisotopic (exact) mass is 191 g/mol. The minimum atomic E-state index is -2.73. The molecule has 0 fully saturated rings. The van der Waals surface area contributed by atoms with E-state index in [1.807, 2.05) is 0 Å². The molecule has 1 unspecified atom stereocenters. The molecule has 13 heavy (non-hydrogen) atoms. The molecule has 0 bridgehead atoms. The van der Waals surface area contributed by atoms with Gasteiger partial charge in [-0.3, -0.25) is 0 Å². The fourth-order valence-corrected chi connectivity index (χ4v) is 0.821. The van der Waals surface area contributed by atoms with Gasteiger partial charge in [-0.05, 0) is 0 Å². The van der Waals surface area contributed by atoms with Gasteiger partial charge >= 0.3 is 0 Å². The van der Waals surface area contributed by atoms with Crippen molar-refractivity contribution < 1.29 is 13.9 Å². The first kappa shape index (κ1) is 9.91. The lowest BCUT2D eigenvalue weighted by molar-refractivity contribution is 0.00374. The molecule has 0 spiro atoms. The molecule has 1 aromatic rings. The summed E-state index contributed by atoms with van der Waals surface area (Å²) in [4.78, 5) is 3.84.